The average Bonchev–Trinajstić information content (AvgIpc) is 2.38. The molecule has 0 radical (unpaired) electrons. The number of anilines is 2. The van der Waals surface area contributed by atoms with Crippen molar-refractivity contribution in [1.29, 1.82) is 0 Å². The van der Waals surface area contributed by atoms with Crippen molar-refractivity contribution in [3.8, 4) is 0 Å². The number of aliphatic carboxylic acids is 1. The van der Waals surface area contributed by atoms with Crippen LogP contribution < -0.4 is 10.6 Å². The fourth-order valence-electron chi connectivity index (χ4n) is 1.55. The van der Waals surface area contributed by atoms with Gasteiger partial charge in [0.1, 0.15) is 11.4 Å². The number of carbonyl (C=O) groups is 3. The van der Waals surface area contributed by atoms with Gasteiger partial charge in [-0.25, -0.2) is 14.6 Å². The number of hydrogen-bond donors (Lipinski definition) is 3. The van der Waals surface area contributed by atoms with Crippen LogP contribution in [0.25, 0.3) is 0 Å². The van der Waals surface area contributed by atoms with Crippen LogP contribution in [0.4, 0.5) is 16.3 Å². The molecule has 0 fully saturated rings. The summed E-state index contributed by atoms with van der Waals surface area (Å²) in [5.41, 5.74) is 0.235. The Morgan fingerprint density at radius 1 is 1.27 bits per heavy atom. The maximum absolute atomic E-state index is 11.7. The quantitative estimate of drug-likeness (QED) is 0.735. The Morgan fingerprint density at radius 3 is 2.41 bits per heavy atom. The van der Waals surface area contributed by atoms with E-state index in [1.165, 1.54) is 6.20 Å². The van der Waals surface area contributed by atoms with Crippen molar-refractivity contribution in [2.24, 2.45) is 0 Å². The molecule has 0 aliphatic heterocycles. The second kappa shape index (κ2) is 6.88. The van der Waals surface area contributed by atoms with E-state index in [2.05, 4.69) is 15.6 Å². The van der Waals surface area contributed by atoms with Gasteiger partial charge in [-0.05, 0) is 38.8 Å². The second-order valence-corrected chi connectivity index (χ2v) is 5.47. The number of ether oxygens (including phenoxy) is 1. The molecule has 0 aliphatic rings. The fraction of sp³-hybridized carbons (Fsp3) is 0.429. The van der Waals surface area contributed by atoms with Crippen LogP contribution in [0.5, 0.6) is 0 Å². The summed E-state index contributed by atoms with van der Waals surface area (Å²) in [6.45, 7) is 7.06. The largest absolute Gasteiger partial charge is 0.474 e. The molecule has 1 rings (SSSR count). The van der Waals surface area contributed by atoms with Gasteiger partial charge in [0.15, 0.2) is 0 Å². The molecule has 0 atom stereocenters. The van der Waals surface area contributed by atoms with Gasteiger partial charge in [-0.2, -0.15) is 0 Å². The topological polar surface area (TPSA) is 118 Å². The molecule has 1 aromatic rings. The Morgan fingerprint density at radius 2 is 1.91 bits per heavy atom. The van der Waals surface area contributed by atoms with Crippen molar-refractivity contribution in [2.75, 3.05) is 10.6 Å². The maximum atomic E-state index is 11.7. The Balaban J connectivity index is 2.87. The molecular formula is C14H19N3O5. The highest BCUT2D eigenvalue weighted by atomic mass is 16.6. The highest BCUT2D eigenvalue weighted by Gasteiger charge is 2.18. The van der Waals surface area contributed by atoms with Crippen LogP contribution in [0.15, 0.2) is 12.3 Å². The summed E-state index contributed by atoms with van der Waals surface area (Å²) in [6.07, 6.45) is 1.14. The SMILES string of the molecule is CCc1cc(NC(=O)C(=O)O)cnc1NC(=O)OC(C)(C)C. The van der Waals surface area contributed by atoms with E-state index in [1.54, 1.807) is 26.8 Å². The predicted molar refractivity (Wildman–Crippen MR) is 79.7 cm³/mol. The number of aromatic nitrogens is 1. The van der Waals surface area contributed by atoms with Crippen LogP contribution >= 0.6 is 0 Å². The monoisotopic (exact) mass is 309 g/mol. The Bertz CT molecular complexity index is 593. The van der Waals surface area contributed by atoms with Crippen LogP contribution in [-0.2, 0) is 20.7 Å². The van der Waals surface area contributed by atoms with Crippen molar-refractivity contribution in [2.45, 2.75) is 39.7 Å². The van der Waals surface area contributed by atoms with Gasteiger partial charge in [0.2, 0.25) is 0 Å². The zero-order valence-electron chi connectivity index (χ0n) is 12.9. The van der Waals surface area contributed by atoms with Crippen molar-refractivity contribution in [3.05, 3.63) is 17.8 Å². The summed E-state index contributed by atoms with van der Waals surface area (Å²) in [6, 6.07) is 1.54. The summed E-state index contributed by atoms with van der Waals surface area (Å²) >= 11 is 0. The van der Waals surface area contributed by atoms with Gasteiger partial charge in [-0.1, -0.05) is 6.92 Å². The van der Waals surface area contributed by atoms with E-state index < -0.39 is 23.6 Å². The predicted octanol–water partition coefficient (Wildman–Crippen LogP) is 2.01. The fourth-order valence-corrected chi connectivity index (χ4v) is 1.55. The lowest BCUT2D eigenvalue weighted by Gasteiger charge is -2.20. The smallest absolute Gasteiger partial charge is 0.413 e. The third-order valence-electron chi connectivity index (χ3n) is 2.42. The number of amides is 2. The van der Waals surface area contributed by atoms with Gasteiger partial charge in [0, 0.05) is 0 Å². The van der Waals surface area contributed by atoms with Crippen LogP contribution in [0.1, 0.15) is 33.3 Å². The van der Waals surface area contributed by atoms with Crippen LogP contribution in [0.3, 0.4) is 0 Å². The van der Waals surface area contributed by atoms with E-state index in [9.17, 15) is 14.4 Å². The minimum Gasteiger partial charge on any atom is -0.474 e. The minimum atomic E-state index is -1.59. The molecule has 2 amide bonds. The lowest BCUT2D eigenvalue weighted by molar-refractivity contribution is -0.147. The first kappa shape index (κ1) is 17.4. The average molecular weight is 309 g/mol. The number of nitrogens with one attached hydrogen (secondary N) is 2. The summed E-state index contributed by atoms with van der Waals surface area (Å²) in [5, 5.41) is 13.3. The third kappa shape index (κ3) is 5.39. The molecule has 0 unspecified atom stereocenters. The zero-order valence-corrected chi connectivity index (χ0v) is 12.9. The Kier molecular flexibility index (Phi) is 5.44. The summed E-state index contributed by atoms with van der Waals surface area (Å²) in [7, 11) is 0. The minimum absolute atomic E-state index is 0.235. The molecule has 0 saturated heterocycles. The number of hydrogen-bond acceptors (Lipinski definition) is 5. The highest BCUT2D eigenvalue weighted by Crippen LogP contribution is 2.19. The Labute approximate surface area is 127 Å². The number of carboxylic acid groups (broad SMARTS) is 1. The van der Waals surface area contributed by atoms with Crippen LogP contribution in [-0.4, -0.2) is 33.7 Å². The first-order valence-electron chi connectivity index (χ1n) is 6.65. The molecule has 120 valence electrons. The van der Waals surface area contributed by atoms with Gasteiger partial charge in [-0.15, -0.1) is 0 Å². The van der Waals surface area contributed by atoms with E-state index in [-0.39, 0.29) is 5.69 Å². The first-order chi connectivity index (χ1) is 10.1. The molecule has 0 aromatic carbocycles. The Hall–Kier alpha value is -2.64. The summed E-state index contributed by atoms with van der Waals surface area (Å²) < 4.78 is 5.13. The van der Waals surface area contributed by atoms with Crippen molar-refractivity contribution in [1.82, 2.24) is 4.98 Å². The van der Waals surface area contributed by atoms with E-state index in [0.29, 0.717) is 17.8 Å². The lowest BCUT2D eigenvalue weighted by atomic mass is 10.2. The van der Waals surface area contributed by atoms with Gasteiger partial charge >= 0.3 is 18.0 Å². The first-order valence-corrected chi connectivity index (χ1v) is 6.65. The van der Waals surface area contributed by atoms with Crippen molar-refractivity contribution in [3.63, 3.8) is 0 Å². The molecule has 8 nitrogen and oxygen atoms in total. The highest BCUT2D eigenvalue weighted by molar-refractivity contribution is 6.36. The standard InChI is InChI=1S/C14H19N3O5/c1-5-8-6-9(16-11(18)12(19)20)7-15-10(8)17-13(21)22-14(2,3)4/h6-7H,5H2,1-4H3,(H,16,18)(H,19,20)(H,15,17,21). The molecule has 0 aliphatic carbocycles. The molecule has 1 aromatic heterocycles. The molecule has 0 saturated carbocycles. The molecular weight excluding hydrogens is 290 g/mol. The molecule has 3 N–H and O–H groups in total. The van der Waals surface area contributed by atoms with Gasteiger partial charge in [-0.3, -0.25) is 10.1 Å². The van der Waals surface area contributed by atoms with Crippen molar-refractivity contribution < 1.29 is 24.2 Å². The summed E-state index contributed by atoms with van der Waals surface area (Å²) in [5.74, 6) is -2.45. The second-order valence-electron chi connectivity index (χ2n) is 5.47. The number of pyridine rings is 1. The molecule has 0 spiro atoms. The normalized spacial score (nSPS) is 10.7. The van der Waals surface area contributed by atoms with Crippen molar-refractivity contribution >= 4 is 29.5 Å². The molecule has 1 heterocycles. The molecule has 22 heavy (non-hydrogen) atoms. The third-order valence-corrected chi connectivity index (χ3v) is 2.42. The number of aryl methyl sites for hydroxylation is 1. The molecule has 0 bridgehead atoms. The van der Waals surface area contributed by atoms with E-state index >= 15 is 0 Å². The van der Waals surface area contributed by atoms with Crippen LogP contribution in [0.2, 0.25) is 0 Å². The number of carboxylic acids is 1. The lowest BCUT2D eigenvalue weighted by Crippen LogP contribution is -2.28. The number of nitrogens with zero attached hydrogens (tertiary/aromatic N) is 1. The number of carbonyl (C=O) groups excluding carboxylic acids is 2. The van der Waals surface area contributed by atoms with E-state index in [1.807, 2.05) is 6.92 Å². The molecule has 8 heteroatoms. The van der Waals surface area contributed by atoms with Gasteiger partial charge < -0.3 is 15.2 Å². The van der Waals surface area contributed by atoms with E-state index in [0.717, 1.165) is 0 Å². The van der Waals surface area contributed by atoms with Gasteiger partial charge in [0.25, 0.3) is 0 Å². The number of rotatable bonds is 3. The van der Waals surface area contributed by atoms with Gasteiger partial charge in [0.05, 0.1) is 11.9 Å². The van der Waals surface area contributed by atoms with E-state index in [4.69, 9.17) is 9.84 Å². The van der Waals surface area contributed by atoms with Crippen LogP contribution in [0, 0.1) is 0 Å². The maximum Gasteiger partial charge on any atom is 0.413 e. The summed E-state index contributed by atoms with van der Waals surface area (Å²) in [4.78, 5) is 37.3. The zero-order chi connectivity index (χ0) is 16.9.